The van der Waals surface area contributed by atoms with Crippen molar-refractivity contribution >= 4 is 33.9 Å². The molecule has 0 saturated carbocycles. The predicted molar refractivity (Wildman–Crippen MR) is 65.4 cm³/mol. The molecule has 1 N–H and O–H groups in total. The monoisotopic (exact) mass is 265 g/mol. The summed E-state index contributed by atoms with van der Waals surface area (Å²) in [6.45, 7) is 0. The van der Waals surface area contributed by atoms with Crippen molar-refractivity contribution in [2.45, 2.75) is 0 Å². The number of carboxylic acid groups (broad SMARTS) is 1. The van der Waals surface area contributed by atoms with E-state index in [9.17, 15) is 14.9 Å². The van der Waals surface area contributed by atoms with Gasteiger partial charge >= 0.3 is 6.09 Å². The van der Waals surface area contributed by atoms with Gasteiger partial charge in [0.2, 0.25) is 0 Å². The van der Waals surface area contributed by atoms with E-state index >= 15 is 0 Å². The highest BCUT2D eigenvalue weighted by atomic mass is 32.1. The molecule has 0 aliphatic heterocycles. The summed E-state index contributed by atoms with van der Waals surface area (Å²) in [6.07, 6.45) is 0.292. The summed E-state index contributed by atoms with van der Waals surface area (Å²) in [5, 5.41) is 21.6. The molecule has 0 saturated heterocycles. The lowest BCUT2D eigenvalue weighted by Gasteiger charge is -2.15. The van der Waals surface area contributed by atoms with Crippen LogP contribution in [0.15, 0.2) is 35.8 Å². The van der Waals surface area contributed by atoms with E-state index in [1.54, 1.807) is 5.38 Å². The summed E-state index contributed by atoms with van der Waals surface area (Å²) in [6, 6.07) is 5.24. The minimum absolute atomic E-state index is 0.0942. The second kappa shape index (κ2) is 4.80. The quantitative estimate of drug-likeness (QED) is 0.679. The van der Waals surface area contributed by atoms with E-state index in [2.05, 4.69) is 4.98 Å². The fourth-order valence-corrected chi connectivity index (χ4v) is 2.01. The number of nitro groups is 1. The normalized spacial score (nSPS) is 10.0. The van der Waals surface area contributed by atoms with Crippen molar-refractivity contribution in [2.24, 2.45) is 0 Å². The highest BCUT2D eigenvalue weighted by molar-refractivity contribution is 7.13. The number of hydrogen-bond acceptors (Lipinski definition) is 5. The third-order valence-electron chi connectivity index (χ3n) is 2.12. The summed E-state index contributed by atoms with van der Waals surface area (Å²) >= 11 is 1.16. The van der Waals surface area contributed by atoms with Crippen LogP contribution in [-0.4, -0.2) is 21.1 Å². The van der Waals surface area contributed by atoms with Crippen molar-refractivity contribution in [1.29, 1.82) is 0 Å². The molecule has 0 unspecified atom stereocenters. The van der Waals surface area contributed by atoms with Crippen LogP contribution in [0, 0.1) is 10.1 Å². The van der Waals surface area contributed by atoms with Crippen molar-refractivity contribution in [3.63, 3.8) is 0 Å². The Labute approximate surface area is 105 Å². The third-order valence-corrected chi connectivity index (χ3v) is 2.88. The number of thiazole rings is 1. The molecule has 0 atom stereocenters. The highest BCUT2D eigenvalue weighted by Crippen LogP contribution is 2.28. The molecule has 1 aromatic carbocycles. The summed E-state index contributed by atoms with van der Waals surface area (Å²) in [7, 11) is 0. The van der Waals surface area contributed by atoms with E-state index in [1.807, 2.05) is 0 Å². The fraction of sp³-hybridized carbons (Fsp3) is 0. The topological polar surface area (TPSA) is 96.6 Å². The Bertz CT molecular complexity index is 567. The molecule has 0 aliphatic carbocycles. The predicted octanol–water partition coefficient (Wildman–Crippen LogP) is 2.87. The molecule has 0 fully saturated rings. The number of nitro benzene ring substituents is 1. The SMILES string of the molecule is O=C(O)N(c1ccc([N+](=O)[O-])cc1)c1nccs1. The molecule has 0 radical (unpaired) electrons. The Morgan fingerprint density at radius 2 is 2.06 bits per heavy atom. The smallest absolute Gasteiger partial charge is 0.418 e. The van der Waals surface area contributed by atoms with Crippen LogP contribution < -0.4 is 4.90 Å². The molecule has 0 bridgehead atoms. The van der Waals surface area contributed by atoms with Crippen molar-refractivity contribution in [1.82, 2.24) is 4.98 Å². The Hall–Kier alpha value is -2.48. The van der Waals surface area contributed by atoms with Crippen LogP contribution in [0.3, 0.4) is 0 Å². The van der Waals surface area contributed by atoms with Gasteiger partial charge in [0, 0.05) is 23.7 Å². The van der Waals surface area contributed by atoms with Crippen molar-refractivity contribution in [3.8, 4) is 0 Å². The van der Waals surface area contributed by atoms with Crippen LogP contribution in [0.1, 0.15) is 0 Å². The summed E-state index contributed by atoms with van der Waals surface area (Å²) in [5.74, 6) is 0. The summed E-state index contributed by atoms with van der Waals surface area (Å²) < 4.78 is 0. The lowest BCUT2D eigenvalue weighted by atomic mass is 10.3. The van der Waals surface area contributed by atoms with Crippen molar-refractivity contribution < 1.29 is 14.8 Å². The van der Waals surface area contributed by atoms with E-state index in [0.717, 1.165) is 16.2 Å². The van der Waals surface area contributed by atoms with Gasteiger partial charge < -0.3 is 5.11 Å². The molecule has 7 nitrogen and oxygen atoms in total. The number of hydrogen-bond donors (Lipinski definition) is 1. The Morgan fingerprint density at radius 1 is 1.39 bits per heavy atom. The number of rotatable bonds is 3. The largest absolute Gasteiger partial charge is 0.464 e. The third kappa shape index (κ3) is 2.28. The molecule has 0 aliphatic rings. The van der Waals surface area contributed by atoms with Crippen molar-refractivity contribution in [2.75, 3.05) is 4.90 Å². The van der Waals surface area contributed by atoms with Crippen LogP contribution in [0.4, 0.5) is 21.3 Å². The average Bonchev–Trinajstić information content (AvgIpc) is 2.83. The zero-order valence-corrected chi connectivity index (χ0v) is 9.70. The Morgan fingerprint density at radius 3 is 2.50 bits per heavy atom. The number of aromatic nitrogens is 1. The first-order chi connectivity index (χ1) is 8.59. The van der Waals surface area contributed by atoms with E-state index < -0.39 is 11.0 Å². The molecule has 1 heterocycles. The van der Waals surface area contributed by atoms with Gasteiger partial charge in [0.25, 0.3) is 5.69 Å². The molecule has 2 aromatic rings. The highest BCUT2D eigenvalue weighted by Gasteiger charge is 2.19. The van der Waals surface area contributed by atoms with E-state index in [0.29, 0.717) is 5.69 Å². The number of benzene rings is 1. The van der Waals surface area contributed by atoms with Gasteiger partial charge in [0.05, 0.1) is 10.6 Å². The van der Waals surface area contributed by atoms with E-state index in [-0.39, 0.29) is 10.8 Å². The second-order valence-electron chi connectivity index (χ2n) is 3.21. The number of anilines is 2. The first-order valence-electron chi connectivity index (χ1n) is 4.76. The lowest BCUT2D eigenvalue weighted by molar-refractivity contribution is -0.384. The minimum Gasteiger partial charge on any atom is -0.464 e. The molecular weight excluding hydrogens is 258 g/mol. The summed E-state index contributed by atoms with van der Waals surface area (Å²) in [5.41, 5.74) is 0.214. The van der Waals surface area contributed by atoms with Gasteiger partial charge in [-0.2, -0.15) is 0 Å². The van der Waals surface area contributed by atoms with Crippen LogP contribution in [0.2, 0.25) is 0 Å². The fourth-order valence-electron chi connectivity index (χ4n) is 1.35. The maximum Gasteiger partial charge on any atom is 0.418 e. The standard InChI is InChI=1S/C10H7N3O4S/c14-10(15)12(9-11-5-6-18-9)7-1-3-8(4-2-7)13(16)17/h1-6H,(H,14,15). The number of non-ortho nitro benzene ring substituents is 1. The number of carbonyl (C=O) groups is 1. The maximum atomic E-state index is 11.2. The molecule has 92 valence electrons. The van der Waals surface area contributed by atoms with E-state index in [1.165, 1.54) is 30.5 Å². The van der Waals surface area contributed by atoms with Gasteiger partial charge in [-0.1, -0.05) is 0 Å². The molecule has 1 amide bonds. The van der Waals surface area contributed by atoms with Crippen LogP contribution in [0.5, 0.6) is 0 Å². The second-order valence-corrected chi connectivity index (χ2v) is 4.08. The van der Waals surface area contributed by atoms with Crippen LogP contribution in [0.25, 0.3) is 0 Å². The zero-order valence-electron chi connectivity index (χ0n) is 8.89. The lowest BCUT2D eigenvalue weighted by Crippen LogP contribution is -2.23. The zero-order chi connectivity index (χ0) is 13.1. The maximum absolute atomic E-state index is 11.2. The number of amides is 1. The van der Waals surface area contributed by atoms with Gasteiger partial charge in [-0.05, 0) is 12.1 Å². The minimum atomic E-state index is -1.20. The van der Waals surface area contributed by atoms with Gasteiger partial charge in [-0.25, -0.2) is 14.7 Å². The first kappa shape index (κ1) is 12.0. The molecule has 2 rings (SSSR count). The molecule has 1 aromatic heterocycles. The van der Waals surface area contributed by atoms with Gasteiger partial charge in [0.15, 0.2) is 5.13 Å². The van der Waals surface area contributed by atoms with Crippen molar-refractivity contribution in [3.05, 3.63) is 46.0 Å². The van der Waals surface area contributed by atoms with Crippen LogP contribution in [-0.2, 0) is 0 Å². The molecule has 8 heteroatoms. The number of nitrogens with zero attached hydrogens (tertiary/aromatic N) is 3. The van der Waals surface area contributed by atoms with E-state index in [4.69, 9.17) is 5.11 Å². The Balaban J connectivity index is 2.38. The van der Waals surface area contributed by atoms with Gasteiger partial charge in [0.1, 0.15) is 0 Å². The summed E-state index contributed by atoms with van der Waals surface area (Å²) in [4.78, 5) is 26.0. The van der Waals surface area contributed by atoms with Gasteiger partial charge in [-0.15, -0.1) is 11.3 Å². The molecular formula is C10H7N3O4S. The Kier molecular flexibility index (Phi) is 3.20. The average molecular weight is 265 g/mol. The van der Waals surface area contributed by atoms with Gasteiger partial charge in [-0.3, -0.25) is 10.1 Å². The van der Waals surface area contributed by atoms with Crippen LogP contribution >= 0.6 is 11.3 Å². The molecule has 18 heavy (non-hydrogen) atoms. The molecule has 0 spiro atoms. The first-order valence-corrected chi connectivity index (χ1v) is 5.64.